The molecule has 0 bridgehead atoms. The first-order valence-corrected chi connectivity index (χ1v) is 12.9. The lowest BCUT2D eigenvalue weighted by atomic mass is 9.62. The normalized spacial score (nSPS) is 46.5. The third kappa shape index (κ3) is 6.63. The van der Waals surface area contributed by atoms with Crippen LogP contribution < -0.4 is 0 Å². The number of aliphatic hydroxyl groups excluding tert-OH is 6. The van der Waals surface area contributed by atoms with E-state index in [9.17, 15) is 35.4 Å². The van der Waals surface area contributed by atoms with E-state index in [1.165, 1.54) is 6.92 Å². The van der Waals surface area contributed by atoms with Gasteiger partial charge in [-0.05, 0) is 43.9 Å². The lowest BCUT2D eigenvalue weighted by molar-refractivity contribution is -0.332. The molecule has 0 aromatic heterocycles. The number of carbonyl (C=O) groups excluding carboxylic acids is 1. The highest BCUT2D eigenvalue weighted by molar-refractivity contribution is 5.80. The summed E-state index contributed by atoms with van der Waals surface area (Å²) in [5, 5.41) is 61.1. The van der Waals surface area contributed by atoms with Crippen LogP contribution in [0.5, 0.6) is 0 Å². The van der Waals surface area contributed by atoms with Gasteiger partial charge in [0.15, 0.2) is 12.6 Å². The van der Waals surface area contributed by atoms with Crippen LogP contribution in [-0.2, 0) is 23.7 Å². The van der Waals surface area contributed by atoms with E-state index < -0.39 is 61.4 Å². The number of rotatable bonds is 8. The third-order valence-corrected chi connectivity index (χ3v) is 8.05. The monoisotopic (exact) mass is 520 g/mol. The van der Waals surface area contributed by atoms with E-state index in [0.717, 1.165) is 6.42 Å². The zero-order valence-electron chi connectivity index (χ0n) is 21.8. The molecule has 0 amide bonds. The summed E-state index contributed by atoms with van der Waals surface area (Å²) in [4.78, 5) is 12.0. The molecular formula is C25H44O11. The second kappa shape index (κ2) is 12.0. The molecule has 11 nitrogen and oxygen atoms in total. The molecule has 6 N–H and O–H groups in total. The molecule has 0 spiro atoms. The first kappa shape index (κ1) is 29.8. The number of aliphatic hydroxyl groups is 6. The Balaban J connectivity index is 1.55. The summed E-state index contributed by atoms with van der Waals surface area (Å²) < 4.78 is 22.5. The maximum Gasteiger partial charge on any atom is 0.186 e. The molecule has 3 aliphatic rings. The van der Waals surface area contributed by atoms with Crippen molar-refractivity contribution in [3.63, 3.8) is 0 Å². The van der Waals surface area contributed by atoms with Crippen molar-refractivity contribution in [1.29, 1.82) is 0 Å². The number of ketones is 1. The first-order valence-electron chi connectivity index (χ1n) is 12.9. The Morgan fingerprint density at radius 2 is 1.53 bits per heavy atom. The van der Waals surface area contributed by atoms with Crippen LogP contribution in [0.1, 0.15) is 60.3 Å². The molecule has 13 atom stereocenters. The molecule has 3 rings (SSSR count). The molecule has 11 heteroatoms. The Kier molecular flexibility index (Phi) is 9.92. The van der Waals surface area contributed by atoms with Gasteiger partial charge in [-0.1, -0.05) is 20.8 Å². The van der Waals surface area contributed by atoms with Crippen LogP contribution in [0.15, 0.2) is 0 Å². The molecule has 2 heterocycles. The fourth-order valence-electron chi connectivity index (χ4n) is 5.88. The minimum Gasteiger partial charge on any atom is -0.388 e. The van der Waals surface area contributed by atoms with Crippen molar-refractivity contribution >= 4 is 5.78 Å². The Morgan fingerprint density at radius 1 is 0.917 bits per heavy atom. The van der Waals surface area contributed by atoms with Crippen LogP contribution in [0.4, 0.5) is 0 Å². The maximum absolute atomic E-state index is 12.0. The summed E-state index contributed by atoms with van der Waals surface area (Å²) in [5.41, 5.74) is -0.106. The zero-order chi connectivity index (χ0) is 26.9. The van der Waals surface area contributed by atoms with Gasteiger partial charge in [-0.3, -0.25) is 4.79 Å². The molecule has 210 valence electrons. The quantitative estimate of drug-likeness (QED) is 0.242. The molecule has 0 aromatic carbocycles. The van der Waals surface area contributed by atoms with Crippen LogP contribution in [0.2, 0.25) is 0 Å². The van der Waals surface area contributed by atoms with Crippen molar-refractivity contribution < 1.29 is 54.4 Å². The average Bonchev–Trinajstić information content (AvgIpc) is 2.78. The van der Waals surface area contributed by atoms with Crippen LogP contribution in [0.3, 0.4) is 0 Å². The largest absolute Gasteiger partial charge is 0.388 e. The zero-order valence-corrected chi connectivity index (χ0v) is 21.8. The van der Waals surface area contributed by atoms with E-state index >= 15 is 0 Å². The number of hydrogen-bond donors (Lipinski definition) is 6. The SMILES string of the molecule is C[C@@H]1CC(=O)CC(C)(C)[C@H]1CC[C@H](C)O[C@H]1O[C@H](CO[C@H]2O[C@@H](C)[C@H](O)[C@@H](O)[C@H]2O)[C@@H](O)[C@H](O)[C@H]1O. The number of Topliss-reactive ketones (excluding diaryl/α,β-unsaturated/α-hetero) is 1. The van der Waals surface area contributed by atoms with Crippen molar-refractivity contribution in [2.24, 2.45) is 17.3 Å². The maximum atomic E-state index is 12.0. The van der Waals surface area contributed by atoms with Crippen LogP contribution in [0, 0.1) is 17.3 Å². The fourth-order valence-corrected chi connectivity index (χ4v) is 5.88. The highest BCUT2D eigenvalue weighted by atomic mass is 16.7. The summed E-state index contributed by atoms with van der Waals surface area (Å²) in [7, 11) is 0. The van der Waals surface area contributed by atoms with Gasteiger partial charge >= 0.3 is 0 Å². The topological polar surface area (TPSA) is 175 Å². The van der Waals surface area contributed by atoms with E-state index in [0.29, 0.717) is 31.0 Å². The molecule has 0 radical (unpaired) electrons. The van der Waals surface area contributed by atoms with E-state index in [1.807, 2.05) is 6.92 Å². The van der Waals surface area contributed by atoms with Gasteiger partial charge in [0.1, 0.15) is 48.5 Å². The van der Waals surface area contributed by atoms with E-state index in [2.05, 4.69) is 20.8 Å². The number of ether oxygens (including phenoxy) is 4. The highest BCUT2D eigenvalue weighted by Crippen LogP contribution is 2.45. The van der Waals surface area contributed by atoms with Crippen LogP contribution >= 0.6 is 0 Å². The van der Waals surface area contributed by atoms with Crippen LogP contribution in [0.25, 0.3) is 0 Å². The molecular weight excluding hydrogens is 476 g/mol. The summed E-state index contributed by atoms with van der Waals surface area (Å²) in [6.45, 7) is 9.34. The lowest BCUT2D eigenvalue weighted by Gasteiger charge is -2.44. The van der Waals surface area contributed by atoms with Gasteiger partial charge in [0, 0.05) is 12.8 Å². The van der Waals surface area contributed by atoms with E-state index in [1.54, 1.807) is 0 Å². The van der Waals surface area contributed by atoms with Gasteiger partial charge in [-0.2, -0.15) is 0 Å². The summed E-state index contributed by atoms with van der Waals surface area (Å²) in [6, 6.07) is 0. The van der Waals surface area contributed by atoms with Crippen molar-refractivity contribution in [3.05, 3.63) is 0 Å². The standard InChI is InChI=1S/C25H44O11/c1-11-8-14(26)9-25(4,5)15(11)7-6-12(2)34-24-22(32)20(30)18(28)16(36-24)10-33-23-21(31)19(29)17(27)13(3)35-23/h11-13,15-24,27-32H,6-10H2,1-5H3/t11-,12+,13+,15+,16-,17+,18-,19-,20+,21-,22-,23+,24+/m1/s1. The van der Waals surface area contributed by atoms with Gasteiger partial charge in [-0.15, -0.1) is 0 Å². The summed E-state index contributed by atoms with van der Waals surface area (Å²) in [5.74, 6) is 0.896. The second-order valence-corrected chi connectivity index (χ2v) is 11.5. The molecule has 1 aliphatic carbocycles. The van der Waals surface area contributed by atoms with Gasteiger partial charge in [0.25, 0.3) is 0 Å². The molecule has 0 unspecified atom stereocenters. The predicted molar refractivity (Wildman–Crippen MR) is 125 cm³/mol. The number of carbonyl (C=O) groups is 1. The highest BCUT2D eigenvalue weighted by Gasteiger charge is 2.47. The molecule has 2 saturated heterocycles. The predicted octanol–water partition coefficient (Wildman–Crippen LogP) is -0.535. The second-order valence-electron chi connectivity index (χ2n) is 11.5. The van der Waals surface area contributed by atoms with Crippen molar-refractivity contribution in [1.82, 2.24) is 0 Å². The van der Waals surface area contributed by atoms with Crippen molar-refractivity contribution in [3.8, 4) is 0 Å². The van der Waals surface area contributed by atoms with Gasteiger partial charge in [0.05, 0.1) is 18.8 Å². The Morgan fingerprint density at radius 3 is 2.17 bits per heavy atom. The summed E-state index contributed by atoms with van der Waals surface area (Å²) in [6.07, 6.45) is -11.0. The summed E-state index contributed by atoms with van der Waals surface area (Å²) >= 11 is 0. The van der Waals surface area contributed by atoms with E-state index in [-0.39, 0.29) is 24.0 Å². The minimum atomic E-state index is -1.56. The third-order valence-electron chi connectivity index (χ3n) is 8.05. The minimum absolute atomic E-state index is 0.106. The Bertz CT molecular complexity index is 733. The van der Waals surface area contributed by atoms with Gasteiger partial charge < -0.3 is 49.6 Å². The Labute approximate surface area is 212 Å². The smallest absolute Gasteiger partial charge is 0.186 e. The molecule has 2 aliphatic heterocycles. The lowest BCUT2D eigenvalue weighted by Crippen LogP contribution is -2.61. The Hall–Kier alpha value is -0.730. The molecule has 3 fully saturated rings. The van der Waals surface area contributed by atoms with Crippen molar-refractivity contribution in [2.75, 3.05) is 6.61 Å². The van der Waals surface area contributed by atoms with Crippen molar-refractivity contribution in [2.45, 2.75) is 128 Å². The average molecular weight is 521 g/mol. The van der Waals surface area contributed by atoms with Crippen LogP contribution in [-0.4, -0.2) is 111 Å². The van der Waals surface area contributed by atoms with E-state index in [4.69, 9.17) is 18.9 Å². The van der Waals surface area contributed by atoms with Gasteiger partial charge in [0.2, 0.25) is 0 Å². The molecule has 0 aromatic rings. The fraction of sp³-hybridized carbons (Fsp3) is 0.960. The molecule has 36 heavy (non-hydrogen) atoms. The molecule has 1 saturated carbocycles. The first-order chi connectivity index (χ1) is 16.7. The van der Waals surface area contributed by atoms with Gasteiger partial charge in [-0.25, -0.2) is 0 Å². The number of hydrogen-bond acceptors (Lipinski definition) is 11.